The second-order valence-corrected chi connectivity index (χ2v) is 5.44. The lowest BCUT2D eigenvalue weighted by Gasteiger charge is -2.44. The number of hydrogen-bond acceptors (Lipinski definition) is 1. The van der Waals surface area contributed by atoms with Crippen LogP contribution in [0, 0.1) is 11.8 Å². The van der Waals surface area contributed by atoms with E-state index in [-0.39, 0.29) is 5.60 Å². The Morgan fingerprint density at radius 2 is 1.93 bits per heavy atom. The molecule has 1 aromatic carbocycles. The van der Waals surface area contributed by atoms with Crippen LogP contribution in [-0.2, 0) is 4.74 Å². The SMILES string of the molecule is CC1(C)OC[C@@H]2C1C[C@H]2c1ccccc1. The van der Waals surface area contributed by atoms with E-state index in [1.807, 2.05) is 0 Å². The molecule has 3 rings (SSSR count). The topological polar surface area (TPSA) is 9.23 Å². The van der Waals surface area contributed by atoms with Gasteiger partial charge in [-0.3, -0.25) is 0 Å². The zero-order valence-corrected chi connectivity index (χ0v) is 9.44. The van der Waals surface area contributed by atoms with Gasteiger partial charge in [-0.2, -0.15) is 0 Å². The molecule has 80 valence electrons. The van der Waals surface area contributed by atoms with Gasteiger partial charge in [0.25, 0.3) is 0 Å². The third-order valence-electron chi connectivity index (χ3n) is 4.31. The molecule has 0 bridgehead atoms. The molecule has 3 atom stereocenters. The van der Waals surface area contributed by atoms with Crippen LogP contribution >= 0.6 is 0 Å². The van der Waals surface area contributed by atoms with Crippen LogP contribution in [0.15, 0.2) is 30.3 Å². The molecule has 1 aliphatic heterocycles. The van der Waals surface area contributed by atoms with E-state index in [1.54, 1.807) is 0 Å². The molecule has 1 aliphatic carbocycles. The van der Waals surface area contributed by atoms with Gasteiger partial charge in [0.05, 0.1) is 12.2 Å². The van der Waals surface area contributed by atoms with E-state index in [0.29, 0.717) is 0 Å². The highest BCUT2D eigenvalue weighted by Gasteiger charge is 2.54. The van der Waals surface area contributed by atoms with Crippen molar-refractivity contribution in [3.63, 3.8) is 0 Å². The van der Waals surface area contributed by atoms with Gasteiger partial charge in [-0.25, -0.2) is 0 Å². The van der Waals surface area contributed by atoms with Gasteiger partial charge in [0, 0.05) is 0 Å². The Hall–Kier alpha value is -0.820. The average molecular weight is 202 g/mol. The average Bonchev–Trinajstić information content (AvgIpc) is 2.38. The molecule has 1 saturated carbocycles. The van der Waals surface area contributed by atoms with Crippen LogP contribution in [0.5, 0.6) is 0 Å². The fourth-order valence-electron chi connectivity index (χ4n) is 3.24. The number of benzene rings is 1. The smallest absolute Gasteiger partial charge is 0.0658 e. The van der Waals surface area contributed by atoms with E-state index in [1.165, 1.54) is 12.0 Å². The van der Waals surface area contributed by atoms with Gasteiger partial charge in [0.2, 0.25) is 0 Å². The largest absolute Gasteiger partial charge is 0.375 e. The van der Waals surface area contributed by atoms with Gasteiger partial charge < -0.3 is 4.74 Å². The summed E-state index contributed by atoms with van der Waals surface area (Å²) in [6.45, 7) is 5.43. The number of fused-ring (bicyclic) bond motifs is 1. The lowest BCUT2D eigenvalue weighted by Crippen LogP contribution is -2.41. The Kier molecular flexibility index (Phi) is 1.93. The predicted molar refractivity (Wildman–Crippen MR) is 60.8 cm³/mol. The van der Waals surface area contributed by atoms with Gasteiger partial charge >= 0.3 is 0 Å². The first-order chi connectivity index (χ1) is 7.18. The monoisotopic (exact) mass is 202 g/mol. The highest BCUT2D eigenvalue weighted by atomic mass is 16.5. The summed E-state index contributed by atoms with van der Waals surface area (Å²) < 4.78 is 5.88. The van der Waals surface area contributed by atoms with E-state index in [0.717, 1.165) is 24.4 Å². The van der Waals surface area contributed by atoms with Crippen LogP contribution in [-0.4, -0.2) is 12.2 Å². The molecule has 1 nitrogen and oxygen atoms in total. The van der Waals surface area contributed by atoms with Crippen molar-refractivity contribution in [2.75, 3.05) is 6.61 Å². The predicted octanol–water partition coefficient (Wildman–Crippen LogP) is 3.22. The molecule has 1 saturated heterocycles. The van der Waals surface area contributed by atoms with Crippen LogP contribution < -0.4 is 0 Å². The summed E-state index contributed by atoms with van der Waals surface area (Å²) in [7, 11) is 0. The van der Waals surface area contributed by atoms with Crippen molar-refractivity contribution < 1.29 is 4.74 Å². The number of hydrogen-bond donors (Lipinski definition) is 0. The molecular formula is C14H18O. The lowest BCUT2D eigenvalue weighted by molar-refractivity contribution is 0.00342. The molecule has 0 amide bonds. The summed E-state index contributed by atoms with van der Waals surface area (Å²) in [5, 5.41) is 0. The second-order valence-electron chi connectivity index (χ2n) is 5.44. The van der Waals surface area contributed by atoms with E-state index in [2.05, 4.69) is 44.2 Å². The summed E-state index contributed by atoms with van der Waals surface area (Å²) in [6.07, 6.45) is 1.31. The van der Waals surface area contributed by atoms with Crippen molar-refractivity contribution in [1.82, 2.24) is 0 Å². The minimum Gasteiger partial charge on any atom is -0.375 e. The molecule has 15 heavy (non-hydrogen) atoms. The zero-order valence-electron chi connectivity index (χ0n) is 9.44. The zero-order chi connectivity index (χ0) is 10.5. The normalized spacial score (nSPS) is 37.1. The van der Waals surface area contributed by atoms with Crippen molar-refractivity contribution in [3.8, 4) is 0 Å². The van der Waals surface area contributed by atoms with Crippen molar-refractivity contribution in [1.29, 1.82) is 0 Å². The Morgan fingerprint density at radius 3 is 2.60 bits per heavy atom. The standard InChI is InChI=1S/C14H18O/c1-14(2)13-8-11(12(13)9-15-14)10-6-4-3-5-7-10/h3-7,11-13H,8-9H2,1-2H3/t11-,12-,13?/m0/s1. The van der Waals surface area contributed by atoms with Gasteiger partial charge in [0.1, 0.15) is 0 Å². The van der Waals surface area contributed by atoms with Crippen LogP contribution in [0.1, 0.15) is 31.7 Å². The van der Waals surface area contributed by atoms with Crippen molar-refractivity contribution in [2.24, 2.45) is 11.8 Å². The fraction of sp³-hybridized carbons (Fsp3) is 0.571. The number of ether oxygens (including phenoxy) is 1. The molecule has 0 radical (unpaired) electrons. The first kappa shape index (κ1) is 9.41. The van der Waals surface area contributed by atoms with Crippen LogP contribution in [0.4, 0.5) is 0 Å². The molecular weight excluding hydrogens is 184 g/mol. The van der Waals surface area contributed by atoms with Crippen LogP contribution in [0.25, 0.3) is 0 Å². The van der Waals surface area contributed by atoms with E-state index >= 15 is 0 Å². The molecule has 1 heteroatoms. The molecule has 0 aromatic heterocycles. The first-order valence-corrected chi connectivity index (χ1v) is 5.87. The molecule has 2 fully saturated rings. The van der Waals surface area contributed by atoms with Gasteiger partial charge in [-0.05, 0) is 43.6 Å². The van der Waals surface area contributed by atoms with Crippen LogP contribution in [0.3, 0.4) is 0 Å². The summed E-state index contributed by atoms with van der Waals surface area (Å²) in [4.78, 5) is 0. The molecule has 1 heterocycles. The maximum atomic E-state index is 5.88. The minimum atomic E-state index is 0.121. The fourth-order valence-corrected chi connectivity index (χ4v) is 3.24. The highest BCUT2D eigenvalue weighted by Crippen LogP contribution is 2.56. The summed E-state index contributed by atoms with van der Waals surface area (Å²) in [5.74, 6) is 2.29. The Bertz CT molecular complexity index is 355. The van der Waals surface area contributed by atoms with Crippen molar-refractivity contribution >= 4 is 0 Å². The van der Waals surface area contributed by atoms with Gasteiger partial charge in [0.15, 0.2) is 0 Å². The summed E-state index contributed by atoms with van der Waals surface area (Å²) >= 11 is 0. The molecule has 1 unspecified atom stereocenters. The van der Waals surface area contributed by atoms with Gasteiger partial charge in [-0.15, -0.1) is 0 Å². The summed E-state index contributed by atoms with van der Waals surface area (Å²) in [5.41, 5.74) is 1.62. The second kappa shape index (κ2) is 3.08. The van der Waals surface area contributed by atoms with Crippen LogP contribution in [0.2, 0.25) is 0 Å². The quantitative estimate of drug-likeness (QED) is 0.679. The maximum absolute atomic E-state index is 5.88. The molecule has 0 N–H and O–H groups in total. The third kappa shape index (κ3) is 1.33. The first-order valence-electron chi connectivity index (χ1n) is 5.87. The molecule has 0 spiro atoms. The third-order valence-corrected chi connectivity index (χ3v) is 4.31. The van der Waals surface area contributed by atoms with Crippen molar-refractivity contribution in [3.05, 3.63) is 35.9 Å². The van der Waals surface area contributed by atoms with E-state index < -0.39 is 0 Å². The number of rotatable bonds is 1. The summed E-state index contributed by atoms with van der Waals surface area (Å²) in [6, 6.07) is 10.9. The van der Waals surface area contributed by atoms with E-state index in [9.17, 15) is 0 Å². The maximum Gasteiger partial charge on any atom is 0.0658 e. The Morgan fingerprint density at radius 1 is 1.20 bits per heavy atom. The van der Waals surface area contributed by atoms with E-state index in [4.69, 9.17) is 4.74 Å². The highest BCUT2D eigenvalue weighted by molar-refractivity contribution is 5.25. The Balaban J connectivity index is 1.80. The lowest BCUT2D eigenvalue weighted by atomic mass is 9.59. The molecule has 2 aliphatic rings. The van der Waals surface area contributed by atoms with Gasteiger partial charge in [-0.1, -0.05) is 30.3 Å². The van der Waals surface area contributed by atoms with Crippen molar-refractivity contribution in [2.45, 2.75) is 31.8 Å². The minimum absolute atomic E-state index is 0.121. The molecule has 1 aromatic rings. The Labute approximate surface area is 91.5 Å².